The van der Waals surface area contributed by atoms with E-state index in [9.17, 15) is 8.78 Å². The van der Waals surface area contributed by atoms with Crippen LogP contribution in [-0.2, 0) is 0 Å². The van der Waals surface area contributed by atoms with Crippen LogP contribution in [-0.4, -0.2) is 4.98 Å². The molecule has 0 atom stereocenters. The van der Waals surface area contributed by atoms with Crippen molar-refractivity contribution < 1.29 is 8.78 Å². The fraction of sp³-hybridized carbons (Fsp3) is 0. The molecule has 1 aromatic heterocycles. The van der Waals surface area contributed by atoms with Crippen LogP contribution in [0, 0.1) is 11.6 Å². The molecule has 3 rings (SSSR count). The van der Waals surface area contributed by atoms with E-state index in [1.165, 1.54) is 12.1 Å². The van der Waals surface area contributed by atoms with Crippen molar-refractivity contribution in [1.29, 1.82) is 0 Å². The molecule has 0 aliphatic heterocycles. The van der Waals surface area contributed by atoms with E-state index < -0.39 is 5.82 Å². The summed E-state index contributed by atoms with van der Waals surface area (Å²) >= 11 is 0. The maximum absolute atomic E-state index is 13.9. The van der Waals surface area contributed by atoms with Crippen molar-refractivity contribution in [2.75, 3.05) is 5.73 Å². The lowest BCUT2D eigenvalue weighted by Gasteiger charge is -2.09. The molecule has 0 unspecified atom stereocenters. The number of nitrogen functional groups attached to an aromatic ring is 1. The Morgan fingerprint density at radius 2 is 1.29 bits per heavy atom. The van der Waals surface area contributed by atoms with E-state index >= 15 is 0 Å². The average molecular weight is 282 g/mol. The minimum Gasteiger partial charge on any atom is -0.397 e. The molecule has 1 heterocycles. The molecule has 104 valence electrons. The molecule has 0 aliphatic carbocycles. The van der Waals surface area contributed by atoms with Gasteiger partial charge in [0.15, 0.2) is 0 Å². The van der Waals surface area contributed by atoms with Gasteiger partial charge >= 0.3 is 0 Å². The molecule has 21 heavy (non-hydrogen) atoms. The number of pyridine rings is 1. The highest BCUT2D eigenvalue weighted by atomic mass is 19.1. The Labute approximate surface area is 120 Å². The van der Waals surface area contributed by atoms with Crippen LogP contribution in [0.15, 0.2) is 60.7 Å². The van der Waals surface area contributed by atoms with Gasteiger partial charge < -0.3 is 5.73 Å². The fourth-order valence-electron chi connectivity index (χ4n) is 2.16. The van der Waals surface area contributed by atoms with E-state index in [2.05, 4.69) is 4.98 Å². The second-order valence-electron chi connectivity index (χ2n) is 4.59. The van der Waals surface area contributed by atoms with Gasteiger partial charge in [-0.15, -0.1) is 0 Å². The monoisotopic (exact) mass is 282 g/mol. The molecule has 0 fully saturated rings. The predicted molar refractivity (Wildman–Crippen MR) is 79.4 cm³/mol. The van der Waals surface area contributed by atoms with Crippen LogP contribution in [0.5, 0.6) is 0 Å². The third-order valence-corrected chi connectivity index (χ3v) is 3.21. The van der Waals surface area contributed by atoms with Crippen LogP contribution < -0.4 is 5.73 Å². The van der Waals surface area contributed by atoms with Gasteiger partial charge in [0.25, 0.3) is 0 Å². The van der Waals surface area contributed by atoms with E-state index in [4.69, 9.17) is 5.73 Å². The van der Waals surface area contributed by atoms with Gasteiger partial charge in [0.2, 0.25) is 0 Å². The molecule has 0 saturated heterocycles. The minimum absolute atomic E-state index is 0.299. The van der Waals surface area contributed by atoms with Crippen LogP contribution in [0.1, 0.15) is 0 Å². The second-order valence-corrected chi connectivity index (χ2v) is 4.59. The predicted octanol–water partition coefficient (Wildman–Crippen LogP) is 4.28. The fourth-order valence-corrected chi connectivity index (χ4v) is 2.16. The Morgan fingerprint density at radius 3 is 1.90 bits per heavy atom. The van der Waals surface area contributed by atoms with Gasteiger partial charge in [-0.05, 0) is 36.4 Å². The Morgan fingerprint density at radius 1 is 0.714 bits per heavy atom. The van der Waals surface area contributed by atoms with Gasteiger partial charge in [-0.25, -0.2) is 13.8 Å². The number of aromatic nitrogens is 1. The number of benzene rings is 2. The van der Waals surface area contributed by atoms with Gasteiger partial charge in [-0.1, -0.05) is 24.3 Å². The van der Waals surface area contributed by atoms with E-state index in [0.717, 1.165) is 0 Å². The quantitative estimate of drug-likeness (QED) is 0.762. The molecule has 0 spiro atoms. The molecule has 3 aromatic rings. The van der Waals surface area contributed by atoms with Crippen molar-refractivity contribution in [2.45, 2.75) is 0 Å². The van der Waals surface area contributed by atoms with Gasteiger partial charge in [0.1, 0.15) is 11.6 Å². The van der Waals surface area contributed by atoms with E-state index in [0.29, 0.717) is 28.2 Å². The first-order valence-corrected chi connectivity index (χ1v) is 6.43. The maximum atomic E-state index is 13.9. The number of hydrogen-bond donors (Lipinski definition) is 1. The zero-order valence-electron chi connectivity index (χ0n) is 11.1. The highest BCUT2D eigenvalue weighted by Crippen LogP contribution is 2.30. The summed E-state index contributed by atoms with van der Waals surface area (Å²) in [6.07, 6.45) is 0. The Kier molecular flexibility index (Phi) is 3.36. The summed E-state index contributed by atoms with van der Waals surface area (Å²) in [4.78, 5) is 4.33. The van der Waals surface area contributed by atoms with Crippen molar-refractivity contribution >= 4 is 5.69 Å². The molecular formula is C17H12F2N2. The van der Waals surface area contributed by atoms with Gasteiger partial charge in [0.05, 0.1) is 17.1 Å². The number of halogens is 2. The zero-order chi connectivity index (χ0) is 14.8. The largest absolute Gasteiger partial charge is 0.397 e. The summed E-state index contributed by atoms with van der Waals surface area (Å²) in [6, 6.07) is 15.8. The average Bonchev–Trinajstić information content (AvgIpc) is 2.49. The van der Waals surface area contributed by atoms with Crippen molar-refractivity contribution in [2.24, 2.45) is 0 Å². The van der Waals surface area contributed by atoms with Crippen molar-refractivity contribution in [3.8, 4) is 22.5 Å². The number of anilines is 1. The Bertz CT molecular complexity index is 800. The molecule has 2 nitrogen and oxygen atoms in total. The first-order valence-electron chi connectivity index (χ1n) is 6.43. The summed E-state index contributed by atoms with van der Waals surface area (Å²) in [5.74, 6) is -0.795. The lowest BCUT2D eigenvalue weighted by molar-refractivity contribution is 0.630. The highest BCUT2D eigenvalue weighted by molar-refractivity contribution is 5.76. The molecule has 0 amide bonds. The zero-order valence-corrected chi connectivity index (χ0v) is 11.1. The topological polar surface area (TPSA) is 38.9 Å². The van der Waals surface area contributed by atoms with Gasteiger partial charge in [0, 0.05) is 11.1 Å². The minimum atomic E-state index is -0.414. The molecule has 0 aliphatic rings. The first-order chi connectivity index (χ1) is 10.2. The summed E-state index contributed by atoms with van der Waals surface area (Å²) in [5, 5.41) is 0. The smallest absolute Gasteiger partial charge is 0.132 e. The molecule has 4 heteroatoms. The van der Waals surface area contributed by atoms with Gasteiger partial charge in [-0.3, -0.25) is 0 Å². The lowest BCUT2D eigenvalue weighted by atomic mass is 10.1. The Hall–Kier alpha value is -2.75. The normalized spacial score (nSPS) is 10.6. The van der Waals surface area contributed by atoms with Crippen LogP contribution in [0.3, 0.4) is 0 Å². The Balaban J connectivity index is 2.18. The molecule has 0 saturated carbocycles. The molecule has 2 aromatic carbocycles. The van der Waals surface area contributed by atoms with E-state index in [1.807, 2.05) is 0 Å². The summed E-state index contributed by atoms with van der Waals surface area (Å²) in [5.41, 5.74) is 7.62. The second kappa shape index (κ2) is 5.32. The highest BCUT2D eigenvalue weighted by Gasteiger charge is 2.12. The van der Waals surface area contributed by atoms with Crippen molar-refractivity contribution in [3.63, 3.8) is 0 Å². The van der Waals surface area contributed by atoms with Crippen molar-refractivity contribution in [3.05, 3.63) is 72.3 Å². The number of rotatable bonds is 2. The van der Waals surface area contributed by atoms with Crippen LogP contribution in [0.2, 0.25) is 0 Å². The summed E-state index contributed by atoms with van der Waals surface area (Å²) < 4.78 is 27.7. The lowest BCUT2D eigenvalue weighted by Crippen LogP contribution is -1.98. The van der Waals surface area contributed by atoms with E-state index in [-0.39, 0.29) is 5.82 Å². The molecule has 2 N–H and O–H groups in total. The van der Waals surface area contributed by atoms with Crippen molar-refractivity contribution in [1.82, 2.24) is 4.98 Å². The van der Waals surface area contributed by atoms with Crippen LogP contribution >= 0.6 is 0 Å². The van der Waals surface area contributed by atoms with Crippen LogP contribution in [0.4, 0.5) is 14.5 Å². The number of nitrogens with zero attached hydrogens (tertiary/aromatic N) is 1. The summed E-state index contributed by atoms with van der Waals surface area (Å²) in [7, 11) is 0. The summed E-state index contributed by atoms with van der Waals surface area (Å²) in [6.45, 7) is 0. The first kappa shape index (κ1) is 13.2. The SMILES string of the molecule is Nc1ccc(-c2ccccc2F)nc1-c1ccccc1F. The number of hydrogen-bond acceptors (Lipinski definition) is 2. The standard InChI is InChI=1S/C17H12F2N2/c18-13-7-3-1-5-11(13)16-10-9-15(20)17(21-16)12-6-2-4-8-14(12)19/h1-10H,20H2. The third kappa shape index (κ3) is 2.48. The molecular weight excluding hydrogens is 270 g/mol. The molecule has 0 bridgehead atoms. The van der Waals surface area contributed by atoms with Gasteiger partial charge in [-0.2, -0.15) is 0 Å². The molecule has 0 radical (unpaired) electrons. The van der Waals surface area contributed by atoms with Crippen LogP contribution in [0.25, 0.3) is 22.5 Å². The van der Waals surface area contributed by atoms with E-state index in [1.54, 1.807) is 48.5 Å². The number of nitrogens with two attached hydrogens (primary N) is 1. The third-order valence-electron chi connectivity index (χ3n) is 3.21. The maximum Gasteiger partial charge on any atom is 0.132 e.